The van der Waals surface area contributed by atoms with Crippen LogP contribution in [0.15, 0.2) is 58.3 Å². The van der Waals surface area contributed by atoms with E-state index in [9.17, 15) is 4.79 Å². The van der Waals surface area contributed by atoms with Crippen LogP contribution in [0.3, 0.4) is 0 Å². The van der Waals surface area contributed by atoms with Crippen LogP contribution in [-0.4, -0.2) is 32.3 Å². The second kappa shape index (κ2) is 10.6. The highest BCUT2D eigenvalue weighted by atomic mass is 32.2. The van der Waals surface area contributed by atoms with Crippen LogP contribution in [-0.2, 0) is 11.2 Å². The number of anilines is 1. The molecule has 2 N–H and O–H groups in total. The average Bonchev–Trinajstić information content (AvgIpc) is 3.34. The molecule has 0 aliphatic carbocycles. The molecule has 8 heteroatoms. The minimum absolute atomic E-state index is 0.133. The van der Waals surface area contributed by atoms with Crippen molar-refractivity contribution in [2.45, 2.75) is 47.6 Å². The van der Waals surface area contributed by atoms with Gasteiger partial charge in [0, 0.05) is 21.6 Å². The van der Waals surface area contributed by atoms with E-state index in [2.05, 4.69) is 63.2 Å². The number of hydrogen-bond acceptors (Lipinski definition) is 6. The molecule has 0 saturated heterocycles. The number of aryl methyl sites for hydroxylation is 1. The summed E-state index contributed by atoms with van der Waals surface area (Å²) in [7, 11) is 0. The molecule has 6 nitrogen and oxygen atoms in total. The predicted octanol–water partition coefficient (Wildman–Crippen LogP) is 5.52. The minimum atomic E-state index is -0.133. The molecule has 0 fully saturated rings. The topological polar surface area (TPSA) is 83.6 Å². The molecule has 2 aromatic carbocycles. The summed E-state index contributed by atoms with van der Waals surface area (Å²) in [6.07, 6.45) is 8.28. The lowest BCUT2D eigenvalue weighted by molar-refractivity contribution is -0.111. The van der Waals surface area contributed by atoms with E-state index in [4.69, 9.17) is 0 Å². The number of aromatic nitrogens is 4. The zero-order valence-corrected chi connectivity index (χ0v) is 19.0. The Hall–Kier alpha value is -2.58. The quantitative estimate of drug-likeness (QED) is 0.346. The third-order valence-electron chi connectivity index (χ3n) is 5.01. The van der Waals surface area contributed by atoms with Gasteiger partial charge in [0.2, 0.25) is 5.91 Å². The predicted molar refractivity (Wildman–Crippen MR) is 127 cm³/mol. The van der Waals surface area contributed by atoms with Crippen molar-refractivity contribution in [3.63, 3.8) is 0 Å². The molecule has 0 saturated carbocycles. The monoisotopic (exact) mass is 451 g/mol. The Kier molecular flexibility index (Phi) is 7.43. The number of fused-ring (bicyclic) bond motifs is 1. The Balaban J connectivity index is 1.36. The van der Waals surface area contributed by atoms with Gasteiger partial charge in [-0.3, -0.25) is 4.79 Å². The first-order valence-corrected chi connectivity index (χ1v) is 12.3. The number of nitrogens with one attached hydrogen (secondary N) is 2. The fourth-order valence-corrected chi connectivity index (χ4v) is 5.99. The maximum Gasteiger partial charge on any atom is 0.248 e. The molecule has 31 heavy (non-hydrogen) atoms. The van der Waals surface area contributed by atoms with E-state index >= 15 is 0 Å². The van der Waals surface area contributed by atoms with E-state index in [-0.39, 0.29) is 11.2 Å². The van der Waals surface area contributed by atoms with Crippen LogP contribution in [0.1, 0.15) is 48.4 Å². The van der Waals surface area contributed by atoms with E-state index in [1.165, 1.54) is 24.8 Å². The van der Waals surface area contributed by atoms with Crippen molar-refractivity contribution in [2.75, 3.05) is 11.1 Å². The number of carbonyl (C=O) groups excluding carboxylic acids is 1. The summed E-state index contributed by atoms with van der Waals surface area (Å²) in [6.45, 7) is 2.22. The largest absolute Gasteiger partial charge is 0.321 e. The van der Waals surface area contributed by atoms with Crippen molar-refractivity contribution in [3.05, 3.63) is 65.5 Å². The van der Waals surface area contributed by atoms with Crippen LogP contribution in [0.2, 0.25) is 0 Å². The number of H-pyrrole nitrogens is 1. The zero-order valence-electron chi connectivity index (χ0n) is 17.4. The molecule has 1 aliphatic rings. The van der Waals surface area contributed by atoms with Gasteiger partial charge in [0.05, 0.1) is 10.9 Å². The van der Waals surface area contributed by atoms with E-state index in [0.717, 1.165) is 33.2 Å². The van der Waals surface area contributed by atoms with Crippen LogP contribution in [0.5, 0.6) is 0 Å². The Bertz CT molecular complexity index is 1030. The number of aromatic amines is 1. The van der Waals surface area contributed by atoms with Gasteiger partial charge in [-0.2, -0.15) is 5.21 Å². The number of amides is 1. The molecule has 0 radical (unpaired) electrons. The zero-order chi connectivity index (χ0) is 21.5. The van der Waals surface area contributed by atoms with E-state index in [1.54, 1.807) is 29.6 Å². The van der Waals surface area contributed by atoms with Gasteiger partial charge in [0.1, 0.15) is 0 Å². The SMILES string of the molecule is CCCCCc1ccc(/C=C/C(=O)Nc2cccc3c2SCC(c2nn[nH]n2)S3)cc1. The molecule has 3 aromatic rings. The van der Waals surface area contributed by atoms with Gasteiger partial charge in [-0.1, -0.05) is 55.3 Å². The molecule has 2 heterocycles. The summed E-state index contributed by atoms with van der Waals surface area (Å²) in [6, 6.07) is 14.4. The Morgan fingerprint density at radius 2 is 2.10 bits per heavy atom. The first kappa shape index (κ1) is 21.6. The number of nitrogens with zero attached hydrogens (tertiary/aromatic N) is 3. The maximum atomic E-state index is 12.5. The number of unbranched alkanes of at least 4 members (excludes halogenated alkanes) is 2. The molecule has 0 bridgehead atoms. The summed E-state index contributed by atoms with van der Waals surface area (Å²) in [5, 5.41) is 17.5. The molecule has 0 spiro atoms. The Morgan fingerprint density at radius 1 is 1.23 bits per heavy atom. The van der Waals surface area contributed by atoms with Gasteiger partial charge in [0.25, 0.3) is 0 Å². The highest BCUT2D eigenvalue weighted by molar-refractivity contribution is 8.06. The minimum Gasteiger partial charge on any atom is -0.321 e. The van der Waals surface area contributed by atoms with Gasteiger partial charge in [-0.15, -0.1) is 33.7 Å². The van der Waals surface area contributed by atoms with Crippen molar-refractivity contribution >= 4 is 41.2 Å². The highest BCUT2D eigenvalue weighted by Gasteiger charge is 2.26. The standard InChI is InChI=1S/C23H25N5OS2/c1-2-3-4-6-16-9-11-17(12-10-16)13-14-21(29)24-18-7-5-8-19-22(18)30-15-20(31-19)23-25-27-28-26-23/h5,7-14,20H,2-4,6,15H2,1H3,(H,24,29)(H,25,26,27,28)/b14-13+. The van der Waals surface area contributed by atoms with Crippen molar-refractivity contribution < 1.29 is 4.79 Å². The summed E-state index contributed by atoms with van der Waals surface area (Å²) in [5.74, 6) is 1.40. The second-order valence-electron chi connectivity index (χ2n) is 7.34. The number of thioether (sulfide) groups is 2. The molecule has 1 aliphatic heterocycles. The van der Waals surface area contributed by atoms with Crippen LogP contribution in [0.4, 0.5) is 5.69 Å². The lowest BCUT2D eigenvalue weighted by Gasteiger charge is -2.23. The number of benzene rings is 2. The normalized spacial score (nSPS) is 15.7. The summed E-state index contributed by atoms with van der Waals surface area (Å²) < 4.78 is 0. The van der Waals surface area contributed by atoms with Gasteiger partial charge in [-0.25, -0.2) is 0 Å². The van der Waals surface area contributed by atoms with Gasteiger partial charge in [0.15, 0.2) is 5.82 Å². The third kappa shape index (κ3) is 5.77. The van der Waals surface area contributed by atoms with Gasteiger partial charge >= 0.3 is 0 Å². The van der Waals surface area contributed by atoms with Crippen LogP contribution >= 0.6 is 23.5 Å². The number of hydrogen-bond donors (Lipinski definition) is 2. The van der Waals surface area contributed by atoms with E-state index < -0.39 is 0 Å². The Morgan fingerprint density at radius 3 is 2.87 bits per heavy atom. The first-order valence-electron chi connectivity index (χ1n) is 10.5. The smallest absolute Gasteiger partial charge is 0.248 e. The average molecular weight is 452 g/mol. The fraction of sp³-hybridized carbons (Fsp3) is 0.304. The van der Waals surface area contributed by atoms with Crippen LogP contribution < -0.4 is 5.32 Å². The summed E-state index contributed by atoms with van der Waals surface area (Å²) in [4.78, 5) is 14.7. The van der Waals surface area contributed by atoms with Crippen LogP contribution in [0, 0.1) is 0 Å². The maximum absolute atomic E-state index is 12.5. The molecule has 1 atom stereocenters. The molecule has 1 aromatic heterocycles. The first-order chi connectivity index (χ1) is 15.2. The van der Waals surface area contributed by atoms with E-state index in [0.29, 0.717) is 5.82 Å². The highest BCUT2D eigenvalue weighted by Crippen LogP contribution is 2.49. The van der Waals surface area contributed by atoms with Crippen molar-refractivity contribution in [1.29, 1.82) is 0 Å². The summed E-state index contributed by atoms with van der Waals surface area (Å²) in [5.41, 5.74) is 3.21. The van der Waals surface area contributed by atoms with Crippen molar-refractivity contribution in [3.8, 4) is 0 Å². The van der Waals surface area contributed by atoms with Crippen molar-refractivity contribution in [2.24, 2.45) is 0 Å². The lowest BCUT2D eigenvalue weighted by atomic mass is 10.1. The molecule has 1 amide bonds. The third-order valence-corrected chi connectivity index (χ3v) is 7.84. The molecular weight excluding hydrogens is 426 g/mol. The van der Waals surface area contributed by atoms with Gasteiger partial charge in [-0.05, 0) is 42.2 Å². The molecule has 160 valence electrons. The number of tetrazole rings is 1. The molecule has 1 unspecified atom stereocenters. The number of rotatable bonds is 8. The lowest BCUT2D eigenvalue weighted by Crippen LogP contribution is -2.11. The molecule has 4 rings (SSSR count). The van der Waals surface area contributed by atoms with Crippen LogP contribution in [0.25, 0.3) is 6.08 Å². The van der Waals surface area contributed by atoms with E-state index in [1.807, 2.05) is 18.2 Å². The molecular formula is C23H25N5OS2. The second-order valence-corrected chi connectivity index (χ2v) is 9.62. The van der Waals surface area contributed by atoms with Gasteiger partial charge < -0.3 is 5.32 Å². The van der Waals surface area contributed by atoms with Crippen molar-refractivity contribution in [1.82, 2.24) is 20.6 Å². The number of carbonyl (C=O) groups is 1. The Labute approximate surface area is 190 Å². The fourth-order valence-electron chi connectivity index (χ4n) is 3.36. The summed E-state index contributed by atoms with van der Waals surface area (Å²) >= 11 is 3.41.